The molecule has 0 spiro atoms. The molecule has 0 aliphatic carbocycles. The van der Waals surface area contributed by atoms with Crippen molar-refractivity contribution in [3.63, 3.8) is 0 Å². The van der Waals surface area contributed by atoms with Crippen molar-refractivity contribution in [2.75, 3.05) is 0 Å². The Bertz CT molecular complexity index is 65.3. The first-order chi connectivity index (χ1) is 2.64. The van der Waals surface area contributed by atoms with Gasteiger partial charge in [0.25, 0.3) is 0 Å². The van der Waals surface area contributed by atoms with Gasteiger partial charge in [-0.05, 0) is 6.92 Å². The number of carbonyl (C=O) groups is 1. The molecule has 0 aliphatic rings. The molecule has 0 bridgehead atoms. The van der Waals surface area contributed by atoms with Crippen LogP contribution in [0.3, 0.4) is 0 Å². The van der Waals surface area contributed by atoms with Crippen molar-refractivity contribution in [2.24, 2.45) is 0 Å². The van der Waals surface area contributed by atoms with Crippen molar-refractivity contribution in [3.8, 4) is 0 Å². The summed E-state index contributed by atoms with van der Waals surface area (Å²) in [7, 11) is 0. The van der Waals surface area contributed by atoms with E-state index < -0.39 is 12.1 Å². The van der Waals surface area contributed by atoms with Crippen molar-refractivity contribution < 1.29 is 71.9 Å². The number of carboxylic acids is 1. The van der Waals surface area contributed by atoms with Gasteiger partial charge in [-0.2, -0.15) is 0 Å². The number of aliphatic carboxylic acids is 1. The fourth-order valence-electron chi connectivity index (χ4n) is 0. The van der Waals surface area contributed by atoms with E-state index in [2.05, 4.69) is 0 Å². The van der Waals surface area contributed by atoms with E-state index in [1.165, 1.54) is 0 Å². The fourth-order valence-corrected chi connectivity index (χ4v) is 0. The third-order valence-corrected chi connectivity index (χ3v) is 0.341. The van der Waals surface area contributed by atoms with Gasteiger partial charge in [0.2, 0.25) is 0 Å². The number of carboxylic acid groups (broad SMARTS) is 1. The zero-order chi connectivity index (χ0) is 5.15. The average molecular weight is 202 g/mol. The smallest absolute Gasteiger partial charge is 0.547 e. The van der Waals surface area contributed by atoms with Crippen LogP contribution in [0.4, 0.5) is 0 Å². The Labute approximate surface area is 91.0 Å². The van der Waals surface area contributed by atoms with Crippen LogP contribution < -0.4 is 34.7 Å². The first-order valence-electron chi connectivity index (χ1n) is 1.53. The van der Waals surface area contributed by atoms with E-state index in [1.807, 2.05) is 0 Å². The van der Waals surface area contributed by atoms with Gasteiger partial charge in [0.1, 0.15) is 0 Å². The first-order valence-corrected chi connectivity index (χ1v) is 1.53. The van der Waals surface area contributed by atoms with Gasteiger partial charge in [-0.15, -0.1) is 0 Å². The van der Waals surface area contributed by atoms with E-state index in [0.717, 1.165) is 6.92 Å². The van der Waals surface area contributed by atoms with Gasteiger partial charge in [0.05, 0.1) is 12.1 Å². The number of aliphatic hydroxyl groups excluding tert-OH is 1. The summed E-state index contributed by atoms with van der Waals surface area (Å²) >= 11 is 0. The normalized spacial score (nSPS) is 6.83. The predicted molar refractivity (Wildman–Crippen MR) is 34.8 cm³/mol. The van der Waals surface area contributed by atoms with Crippen LogP contribution in [0.5, 0.6) is 0 Å². The van der Waals surface area contributed by atoms with E-state index >= 15 is 0 Å². The fraction of sp³-hybridized carbons (Fsp3) is 0.667. The summed E-state index contributed by atoms with van der Waals surface area (Å²) < 4.78 is 0. The monoisotopic (exact) mass is 202 g/mol. The SMILES string of the molecule is CC(O)C(=O)[O-].O.O.O.O.O.[Na+]. The maximum Gasteiger partial charge on any atom is 1.00 e. The molecule has 0 aliphatic heterocycles. The van der Waals surface area contributed by atoms with Crippen LogP contribution in [0.2, 0.25) is 0 Å². The maximum absolute atomic E-state index is 9.34. The standard InChI is InChI=1S/C3H6O3.Na.5H2O/c1-2(4)3(5)6;;;;;;/h2,4H,1H3,(H,5,6);;5*1H2/q;+1;;;;;/p-1. The summed E-state index contributed by atoms with van der Waals surface area (Å²) in [6.45, 7) is 1.13. The van der Waals surface area contributed by atoms with E-state index in [4.69, 9.17) is 5.11 Å². The molecule has 1 atom stereocenters. The number of rotatable bonds is 1. The van der Waals surface area contributed by atoms with Gasteiger partial charge in [-0.1, -0.05) is 0 Å². The topological polar surface area (TPSA) is 218 Å². The van der Waals surface area contributed by atoms with Crippen LogP contribution in [0.25, 0.3) is 0 Å². The molecule has 0 saturated carbocycles. The summed E-state index contributed by atoms with van der Waals surface area (Å²) in [5, 5.41) is 17.3. The van der Waals surface area contributed by atoms with Gasteiger partial charge in [-0.3, -0.25) is 0 Å². The van der Waals surface area contributed by atoms with Crippen molar-refractivity contribution in [2.45, 2.75) is 13.0 Å². The second kappa shape index (κ2) is 30.3. The van der Waals surface area contributed by atoms with E-state index in [1.54, 1.807) is 0 Å². The molecule has 0 amide bonds. The van der Waals surface area contributed by atoms with Gasteiger partial charge in [0, 0.05) is 0 Å². The Morgan fingerprint density at radius 3 is 1.25 bits per heavy atom. The molecule has 0 saturated heterocycles. The van der Waals surface area contributed by atoms with Crippen LogP contribution in [-0.2, 0) is 4.79 Å². The third kappa shape index (κ3) is 48.7. The first kappa shape index (κ1) is 56.4. The Morgan fingerprint density at radius 1 is 1.17 bits per heavy atom. The van der Waals surface area contributed by atoms with E-state index in [0.29, 0.717) is 0 Å². The Kier molecular flexibility index (Phi) is 142. The molecule has 0 radical (unpaired) electrons. The summed E-state index contributed by atoms with van der Waals surface area (Å²) in [6, 6.07) is 0. The number of hydrogen-bond donors (Lipinski definition) is 1. The molecule has 9 heteroatoms. The van der Waals surface area contributed by atoms with E-state index in [9.17, 15) is 9.90 Å². The zero-order valence-electron chi connectivity index (χ0n) is 6.84. The predicted octanol–water partition coefficient (Wildman–Crippen LogP) is -9.00. The van der Waals surface area contributed by atoms with Crippen molar-refractivity contribution in [3.05, 3.63) is 0 Å². The Balaban J connectivity index is -0.00000000833. The Hall–Kier alpha value is 0.230. The van der Waals surface area contributed by atoms with E-state index in [-0.39, 0.29) is 56.9 Å². The molecular formula is C3H15NaO8. The van der Waals surface area contributed by atoms with Crippen molar-refractivity contribution in [1.82, 2.24) is 0 Å². The van der Waals surface area contributed by atoms with Gasteiger partial charge >= 0.3 is 29.6 Å². The molecule has 1 unspecified atom stereocenters. The summed E-state index contributed by atoms with van der Waals surface area (Å²) in [5.41, 5.74) is 0. The molecular weight excluding hydrogens is 187 g/mol. The molecule has 0 aromatic heterocycles. The minimum Gasteiger partial charge on any atom is -0.547 e. The molecule has 11 N–H and O–H groups in total. The van der Waals surface area contributed by atoms with Gasteiger partial charge in [-0.25, -0.2) is 0 Å². The molecule has 0 heterocycles. The Morgan fingerprint density at radius 2 is 1.25 bits per heavy atom. The molecule has 0 aromatic carbocycles. The molecule has 0 aromatic rings. The van der Waals surface area contributed by atoms with Crippen molar-refractivity contribution >= 4 is 5.97 Å². The summed E-state index contributed by atoms with van der Waals surface area (Å²) in [6.07, 6.45) is -1.34. The second-order valence-corrected chi connectivity index (χ2v) is 0.995. The molecule has 12 heavy (non-hydrogen) atoms. The third-order valence-electron chi connectivity index (χ3n) is 0.341. The quantitative estimate of drug-likeness (QED) is 0.409. The average Bonchev–Trinajstić information content (AvgIpc) is 1.36. The molecule has 8 nitrogen and oxygen atoms in total. The van der Waals surface area contributed by atoms with Crippen LogP contribution >= 0.6 is 0 Å². The minimum atomic E-state index is -1.44. The molecule has 76 valence electrons. The van der Waals surface area contributed by atoms with Gasteiger partial charge in [0.15, 0.2) is 0 Å². The van der Waals surface area contributed by atoms with Crippen LogP contribution in [0.15, 0.2) is 0 Å². The number of aliphatic hydroxyl groups is 1. The minimum absolute atomic E-state index is 0. The zero-order valence-corrected chi connectivity index (χ0v) is 8.84. The summed E-state index contributed by atoms with van der Waals surface area (Å²) in [5.74, 6) is -1.44. The number of hydrogen-bond acceptors (Lipinski definition) is 3. The summed E-state index contributed by atoms with van der Waals surface area (Å²) in [4.78, 5) is 9.34. The largest absolute Gasteiger partial charge is 1.00 e. The second-order valence-electron chi connectivity index (χ2n) is 0.995. The van der Waals surface area contributed by atoms with Crippen LogP contribution in [-0.4, -0.2) is 44.6 Å². The molecule has 0 rings (SSSR count). The van der Waals surface area contributed by atoms with Crippen LogP contribution in [0.1, 0.15) is 6.92 Å². The van der Waals surface area contributed by atoms with Crippen LogP contribution in [0, 0.1) is 0 Å². The van der Waals surface area contributed by atoms with Gasteiger partial charge < -0.3 is 42.4 Å². The molecule has 0 fully saturated rings. The number of carbonyl (C=O) groups excluding carboxylic acids is 1. The van der Waals surface area contributed by atoms with Crippen molar-refractivity contribution in [1.29, 1.82) is 0 Å². The maximum atomic E-state index is 9.34.